The molecule has 0 spiro atoms. The van der Waals surface area contributed by atoms with E-state index in [0.717, 1.165) is 31.2 Å². The molecule has 1 aliphatic heterocycles. The van der Waals surface area contributed by atoms with Crippen LogP contribution >= 0.6 is 0 Å². The predicted molar refractivity (Wildman–Crippen MR) is 127 cm³/mol. The smallest absolute Gasteiger partial charge is 0.272 e. The topological polar surface area (TPSA) is 106 Å². The Morgan fingerprint density at radius 1 is 1.18 bits per heavy atom. The lowest BCUT2D eigenvalue weighted by atomic mass is 9.95. The van der Waals surface area contributed by atoms with E-state index in [1.807, 2.05) is 24.3 Å². The quantitative estimate of drug-likeness (QED) is 0.635. The average Bonchev–Trinajstić information content (AvgIpc) is 3.09. The third-order valence-corrected chi connectivity index (χ3v) is 7.05. The second-order valence-corrected chi connectivity index (χ2v) is 9.37. The molecule has 2 heterocycles. The highest BCUT2D eigenvalue weighted by Gasteiger charge is 2.46. The number of hydrogen-bond donors (Lipinski definition) is 2. The van der Waals surface area contributed by atoms with Crippen LogP contribution < -0.4 is 15.4 Å². The van der Waals surface area contributed by atoms with Gasteiger partial charge in [-0.25, -0.2) is 0 Å². The largest absolute Gasteiger partial charge is 0.496 e. The first-order valence-electron chi connectivity index (χ1n) is 11.9. The highest BCUT2D eigenvalue weighted by molar-refractivity contribution is 6.01. The van der Waals surface area contributed by atoms with Crippen LogP contribution in [0.1, 0.15) is 72.0 Å². The summed E-state index contributed by atoms with van der Waals surface area (Å²) < 4.78 is 6.80. The van der Waals surface area contributed by atoms with Gasteiger partial charge in [0, 0.05) is 31.3 Å². The van der Waals surface area contributed by atoms with Gasteiger partial charge in [0.2, 0.25) is 5.91 Å². The van der Waals surface area contributed by atoms with Crippen molar-refractivity contribution >= 4 is 17.7 Å². The van der Waals surface area contributed by atoms with Gasteiger partial charge < -0.3 is 20.3 Å². The molecule has 0 saturated heterocycles. The zero-order valence-electron chi connectivity index (χ0n) is 20.1. The third-order valence-electron chi connectivity index (χ3n) is 7.05. The normalized spacial score (nSPS) is 20.9. The number of rotatable bonds is 6. The Kier molecular flexibility index (Phi) is 6.90. The summed E-state index contributed by atoms with van der Waals surface area (Å²) in [6.07, 6.45) is 6.52. The van der Waals surface area contributed by atoms with Crippen molar-refractivity contribution in [3.63, 3.8) is 0 Å². The highest BCUT2D eigenvalue weighted by atomic mass is 16.5. The lowest BCUT2D eigenvalue weighted by Crippen LogP contribution is -2.63. The second-order valence-electron chi connectivity index (χ2n) is 9.37. The molecule has 1 saturated carbocycles. The summed E-state index contributed by atoms with van der Waals surface area (Å²) in [4.78, 5) is 40.7. The van der Waals surface area contributed by atoms with E-state index < -0.39 is 11.4 Å². The first kappa shape index (κ1) is 23.8. The Hall–Kier alpha value is -3.36. The Bertz CT molecular complexity index is 1070. The SMILES string of the molecule is COc1ccccc1CNC(=O)c1cc2n(n1)C[C@](C)(C(=O)NC1CCCCCC1)N(C)C2=O. The van der Waals surface area contributed by atoms with Gasteiger partial charge in [-0.1, -0.05) is 43.9 Å². The zero-order valence-corrected chi connectivity index (χ0v) is 20.1. The van der Waals surface area contributed by atoms with Crippen LogP contribution in [-0.2, 0) is 17.9 Å². The first-order valence-corrected chi connectivity index (χ1v) is 11.9. The van der Waals surface area contributed by atoms with Gasteiger partial charge in [-0.3, -0.25) is 19.1 Å². The van der Waals surface area contributed by atoms with Crippen molar-refractivity contribution in [3.8, 4) is 5.75 Å². The van der Waals surface area contributed by atoms with Gasteiger partial charge >= 0.3 is 0 Å². The van der Waals surface area contributed by atoms with Crippen LogP contribution in [0.2, 0.25) is 0 Å². The lowest BCUT2D eigenvalue weighted by molar-refractivity contribution is -0.133. The van der Waals surface area contributed by atoms with Crippen LogP contribution in [0, 0.1) is 0 Å². The molecular formula is C25H33N5O4. The van der Waals surface area contributed by atoms with Gasteiger partial charge in [0.25, 0.3) is 11.8 Å². The summed E-state index contributed by atoms with van der Waals surface area (Å²) in [6.45, 7) is 2.20. The maximum atomic E-state index is 13.3. The van der Waals surface area contributed by atoms with Gasteiger partial charge in [0.1, 0.15) is 17.0 Å². The minimum Gasteiger partial charge on any atom is -0.496 e. The zero-order chi connectivity index (χ0) is 24.3. The van der Waals surface area contributed by atoms with Crippen molar-refractivity contribution in [1.82, 2.24) is 25.3 Å². The molecule has 0 radical (unpaired) electrons. The number of methoxy groups -OCH3 is 1. The number of likely N-dealkylation sites (N-methyl/N-ethyl adjacent to an activating group) is 1. The van der Waals surface area contributed by atoms with E-state index in [1.54, 1.807) is 21.1 Å². The number of nitrogens with zero attached hydrogens (tertiary/aromatic N) is 3. The molecule has 34 heavy (non-hydrogen) atoms. The summed E-state index contributed by atoms with van der Waals surface area (Å²) in [5.41, 5.74) is 0.179. The number of amides is 3. The van der Waals surface area contributed by atoms with E-state index >= 15 is 0 Å². The fourth-order valence-electron chi connectivity index (χ4n) is 4.72. The van der Waals surface area contributed by atoms with E-state index in [9.17, 15) is 14.4 Å². The van der Waals surface area contributed by atoms with E-state index in [0.29, 0.717) is 11.4 Å². The number of hydrogen-bond acceptors (Lipinski definition) is 5. The van der Waals surface area contributed by atoms with Gasteiger partial charge in [-0.2, -0.15) is 5.10 Å². The molecule has 182 valence electrons. The van der Waals surface area contributed by atoms with Crippen LogP contribution in [0.25, 0.3) is 0 Å². The molecule has 3 amide bonds. The molecule has 1 aromatic heterocycles. The van der Waals surface area contributed by atoms with Crippen molar-refractivity contribution in [2.24, 2.45) is 0 Å². The van der Waals surface area contributed by atoms with E-state index in [4.69, 9.17) is 4.74 Å². The number of ether oxygens (including phenoxy) is 1. The van der Waals surface area contributed by atoms with Crippen LogP contribution in [0.4, 0.5) is 0 Å². The molecule has 2 N–H and O–H groups in total. The average molecular weight is 468 g/mol. The Labute approximate surface area is 199 Å². The summed E-state index contributed by atoms with van der Waals surface area (Å²) in [5, 5.41) is 10.4. The summed E-state index contributed by atoms with van der Waals surface area (Å²) in [5.74, 6) is -0.230. The van der Waals surface area contributed by atoms with Crippen molar-refractivity contribution in [3.05, 3.63) is 47.3 Å². The standard InChI is InChI=1S/C25H33N5O4/c1-25(24(33)27-18-11-6-4-5-7-12-18)16-30-20(23(32)29(25)2)14-19(28-30)22(31)26-15-17-10-8-9-13-21(17)34-3/h8-10,13-14,18H,4-7,11-12,15-16H2,1-3H3,(H,26,31)(H,27,33)/t25-/m1/s1. The number of para-hydroxylation sites is 1. The maximum Gasteiger partial charge on any atom is 0.272 e. The van der Waals surface area contributed by atoms with Crippen molar-refractivity contribution in [2.45, 2.75) is 70.1 Å². The van der Waals surface area contributed by atoms with Crippen LogP contribution in [-0.4, -0.2) is 58.1 Å². The fourth-order valence-corrected chi connectivity index (χ4v) is 4.72. The number of carbonyl (C=O) groups excluding carboxylic acids is 3. The minimum absolute atomic E-state index is 0.130. The highest BCUT2D eigenvalue weighted by Crippen LogP contribution is 2.27. The first-order chi connectivity index (χ1) is 16.3. The number of carbonyl (C=O) groups is 3. The number of fused-ring (bicyclic) bond motifs is 1. The molecule has 4 rings (SSSR count). The fraction of sp³-hybridized carbons (Fsp3) is 0.520. The molecular weight excluding hydrogens is 434 g/mol. The van der Waals surface area contributed by atoms with Crippen LogP contribution in [0.15, 0.2) is 30.3 Å². The summed E-state index contributed by atoms with van der Waals surface area (Å²) in [7, 11) is 3.21. The predicted octanol–water partition coefficient (Wildman–Crippen LogP) is 2.50. The monoisotopic (exact) mass is 467 g/mol. The molecule has 9 heteroatoms. The van der Waals surface area contributed by atoms with E-state index in [1.165, 1.54) is 28.5 Å². The van der Waals surface area contributed by atoms with E-state index in [2.05, 4.69) is 15.7 Å². The summed E-state index contributed by atoms with van der Waals surface area (Å²) >= 11 is 0. The Morgan fingerprint density at radius 3 is 2.59 bits per heavy atom. The molecule has 1 fully saturated rings. The molecule has 1 atom stereocenters. The van der Waals surface area contributed by atoms with Gasteiger partial charge in [-0.15, -0.1) is 0 Å². The van der Waals surface area contributed by atoms with Crippen LogP contribution in [0.5, 0.6) is 5.75 Å². The minimum atomic E-state index is -1.09. The number of nitrogens with one attached hydrogen (secondary N) is 2. The van der Waals surface area contributed by atoms with Gasteiger partial charge in [-0.05, 0) is 25.8 Å². The molecule has 1 aliphatic carbocycles. The second kappa shape index (κ2) is 9.87. The number of aromatic nitrogens is 2. The molecule has 9 nitrogen and oxygen atoms in total. The molecule has 0 unspecified atom stereocenters. The number of benzene rings is 1. The van der Waals surface area contributed by atoms with Crippen molar-refractivity contribution in [1.29, 1.82) is 0 Å². The van der Waals surface area contributed by atoms with Gasteiger partial charge in [0.15, 0.2) is 5.69 Å². The molecule has 2 aromatic rings. The Balaban J connectivity index is 1.48. The molecule has 1 aromatic carbocycles. The van der Waals surface area contributed by atoms with E-state index in [-0.39, 0.29) is 36.6 Å². The molecule has 0 bridgehead atoms. The third kappa shape index (κ3) is 4.64. The summed E-state index contributed by atoms with van der Waals surface area (Å²) in [6, 6.07) is 9.04. The molecule has 2 aliphatic rings. The lowest BCUT2D eigenvalue weighted by Gasteiger charge is -2.41. The van der Waals surface area contributed by atoms with Crippen LogP contribution in [0.3, 0.4) is 0 Å². The van der Waals surface area contributed by atoms with Crippen molar-refractivity contribution in [2.75, 3.05) is 14.2 Å². The van der Waals surface area contributed by atoms with Crippen molar-refractivity contribution < 1.29 is 19.1 Å². The Morgan fingerprint density at radius 2 is 1.88 bits per heavy atom. The maximum absolute atomic E-state index is 13.3. The van der Waals surface area contributed by atoms with Gasteiger partial charge in [0.05, 0.1) is 13.7 Å².